The maximum atomic E-state index is 12.6. The van der Waals surface area contributed by atoms with Gasteiger partial charge in [0.15, 0.2) is 0 Å². The topological polar surface area (TPSA) is 87.6 Å². The van der Waals surface area contributed by atoms with Gasteiger partial charge in [-0.05, 0) is 42.2 Å². The number of pyridine rings is 1. The molecular weight excluding hydrogens is 442 g/mol. The monoisotopic (exact) mass is 469 g/mol. The van der Waals surface area contributed by atoms with Crippen molar-refractivity contribution >= 4 is 16.9 Å². The van der Waals surface area contributed by atoms with Crippen LogP contribution in [-0.2, 0) is 17.9 Å². The van der Waals surface area contributed by atoms with Crippen LogP contribution in [0, 0.1) is 5.92 Å². The van der Waals surface area contributed by atoms with Crippen molar-refractivity contribution in [1.82, 2.24) is 14.5 Å². The van der Waals surface area contributed by atoms with Crippen LogP contribution in [0.1, 0.15) is 35.2 Å². The molecule has 2 aliphatic heterocycles. The normalized spacial score (nSPS) is 20.3. The van der Waals surface area contributed by atoms with Crippen LogP contribution in [0.15, 0.2) is 77.7 Å². The van der Waals surface area contributed by atoms with Crippen molar-refractivity contribution in [3.63, 3.8) is 0 Å². The Morgan fingerprint density at radius 3 is 2.74 bits per heavy atom. The van der Waals surface area contributed by atoms with Crippen molar-refractivity contribution in [2.45, 2.75) is 31.5 Å². The molecule has 178 valence electrons. The van der Waals surface area contributed by atoms with E-state index in [0.29, 0.717) is 32.0 Å². The van der Waals surface area contributed by atoms with Crippen molar-refractivity contribution in [1.29, 1.82) is 0 Å². The number of carboxylic acids is 1. The molecule has 1 saturated heterocycles. The van der Waals surface area contributed by atoms with Crippen molar-refractivity contribution in [2.24, 2.45) is 5.92 Å². The number of likely N-dealkylation sites (tertiary alicyclic amines) is 1. The number of fused-ring (bicyclic) bond motifs is 5. The number of aromatic amines is 1. The van der Waals surface area contributed by atoms with Crippen LogP contribution in [0.25, 0.3) is 10.9 Å². The summed E-state index contributed by atoms with van der Waals surface area (Å²) in [4.78, 5) is 30.3. The van der Waals surface area contributed by atoms with Crippen LogP contribution in [0.4, 0.5) is 0 Å². The summed E-state index contributed by atoms with van der Waals surface area (Å²) in [5.74, 6) is 0.230. The molecule has 7 heteroatoms. The van der Waals surface area contributed by atoms with Gasteiger partial charge in [-0.25, -0.2) is 0 Å². The van der Waals surface area contributed by atoms with Gasteiger partial charge in [0.05, 0.1) is 0 Å². The molecule has 0 saturated carbocycles. The lowest BCUT2D eigenvalue weighted by molar-refractivity contribution is -0.144. The van der Waals surface area contributed by atoms with Crippen LogP contribution in [0.2, 0.25) is 0 Å². The molecule has 0 spiro atoms. The van der Waals surface area contributed by atoms with Crippen molar-refractivity contribution in [3.05, 3.63) is 100 Å². The molecule has 1 unspecified atom stereocenters. The average Bonchev–Trinajstić information content (AvgIpc) is 3.27. The Hall–Kier alpha value is -3.84. The number of ether oxygens (including phenoxy) is 1. The van der Waals surface area contributed by atoms with E-state index in [1.165, 1.54) is 0 Å². The Labute approximate surface area is 202 Å². The third kappa shape index (κ3) is 4.02. The number of carbonyl (C=O) groups is 1. The lowest BCUT2D eigenvalue weighted by atomic mass is 9.82. The lowest BCUT2D eigenvalue weighted by Gasteiger charge is -2.44. The summed E-state index contributed by atoms with van der Waals surface area (Å²) in [5.41, 5.74) is 3.73. The molecule has 35 heavy (non-hydrogen) atoms. The second kappa shape index (κ2) is 8.74. The Morgan fingerprint density at radius 1 is 1.06 bits per heavy atom. The second-order valence-corrected chi connectivity index (χ2v) is 9.62. The summed E-state index contributed by atoms with van der Waals surface area (Å²) in [6.45, 7) is 2.33. The lowest BCUT2D eigenvalue weighted by Crippen LogP contribution is -2.49. The van der Waals surface area contributed by atoms with Gasteiger partial charge in [0.2, 0.25) is 0 Å². The molecule has 7 nitrogen and oxygen atoms in total. The Morgan fingerprint density at radius 2 is 1.91 bits per heavy atom. The third-order valence-corrected chi connectivity index (χ3v) is 7.34. The zero-order valence-corrected chi connectivity index (χ0v) is 19.3. The Bertz CT molecular complexity index is 1440. The largest absolute Gasteiger partial charge is 0.489 e. The molecule has 0 aliphatic carbocycles. The van der Waals surface area contributed by atoms with E-state index in [-0.39, 0.29) is 17.4 Å². The summed E-state index contributed by atoms with van der Waals surface area (Å²) in [6, 6.07) is 20.4. The zero-order valence-electron chi connectivity index (χ0n) is 19.3. The molecule has 2 aromatic heterocycles. The predicted octanol–water partition coefficient (Wildman–Crippen LogP) is 4.15. The quantitative estimate of drug-likeness (QED) is 0.443. The van der Waals surface area contributed by atoms with E-state index in [0.717, 1.165) is 34.1 Å². The van der Waals surface area contributed by atoms with Gasteiger partial charge in [0, 0.05) is 60.0 Å². The first kappa shape index (κ1) is 21.7. The molecule has 2 aliphatic rings. The second-order valence-electron chi connectivity index (χ2n) is 9.62. The van der Waals surface area contributed by atoms with Crippen molar-refractivity contribution in [2.75, 3.05) is 13.1 Å². The fourth-order valence-electron chi connectivity index (χ4n) is 5.81. The predicted molar refractivity (Wildman–Crippen MR) is 133 cm³/mol. The first-order valence-electron chi connectivity index (χ1n) is 12.0. The summed E-state index contributed by atoms with van der Waals surface area (Å²) < 4.78 is 7.88. The highest BCUT2D eigenvalue weighted by molar-refractivity contribution is 5.90. The van der Waals surface area contributed by atoms with E-state index in [4.69, 9.17) is 4.74 Å². The number of carboxylic acid groups (broad SMARTS) is 1. The number of benzene rings is 2. The maximum absolute atomic E-state index is 12.6. The minimum absolute atomic E-state index is 0.0279. The van der Waals surface area contributed by atoms with Gasteiger partial charge in [0.1, 0.15) is 18.4 Å². The number of aromatic nitrogens is 2. The molecule has 2 aromatic carbocycles. The van der Waals surface area contributed by atoms with Crippen LogP contribution in [0.5, 0.6) is 5.75 Å². The van der Waals surface area contributed by atoms with E-state index in [1.807, 2.05) is 65.4 Å². The SMILES string of the molecule is O=C(O)C(c1c[nH]c2ccc(OCc3ccccc3)cc12)N1C[C@H]2C[C@@H](C1)c1cccc(=O)n1C2. The molecule has 2 bridgehead atoms. The standard InChI is InChI=1S/C28H27N3O4/c32-26-8-4-7-25-20-11-19(15-31(25)26)14-30(16-20)27(28(33)34)23-13-29-24-10-9-21(12-22(23)24)35-17-18-5-2-1-3-6-18/h1-10,12-13,19-20,27,29H,11,14-17H2,(H,33,34)/t19-,20+,27?/m1/s1. The molecular formula is C28H27N3O4. The van der Waals surface area contributed by atoms with E-state index in [2.05, 4.69) is 9.88 Å². The number of nitrogens with zero attached hydrogens (tertiary/aromatic N) is 2. The smallest absolute Gasteiger partial charge is 0.325 e. The number of nitrogens with one attached hydrogen (secondary N) is 1. The number of hydrogen-bond acceptors (Lipinski definition) is 4. The average molecular weight is 470 g/mol. The minimum Gasteiger partial charge on any atom is -0.489 e. The van der Waals surface area contributed by atoms with E-state index in [1.54, 1.807) is 12.1 Å². The molecule has 4 heterocycles. The van der Waals surface area contributed by atoms with Gasteiger partial charge in [-0.1, -0.05) is 36.4 Å². The molecule has 4 aromatic rings. The van der Waals surface area contributed by atoms with E-state index >= 15 is 0 Å². The van der Waals surface area contributed by atoms with Crippen LogP contribution in [-0.4, -0.2) is 38.6 Å². The van der Waals surface area contributed by atoms with E-state index in [9.17, 15) is 14.7 Å². The number of aliphatic carboxylic acids is 1. The number of piperidine rings is 1. The molecule has 0 amide bonds. The van der Waals surface area contributed by atoms with Crippen LogP contribution < -0.4 is 10.3 Å². The summed E-state index contributed by atoms with van der Waals surface area (Å²) in [7, 11) is 0. The third-order valence-electron chi connectivity index (χ3n) is 7.34. The highest BCUT2D eigenvalue weighted by Crippen LogP contribution is 2.40. The van der Waals surface area contributed by atoms with Gasteiger partial charge in [-0.2, -0.15) is 0 Å². The molecule has 2 N–H and O–H groups in total. The Balaban J connectivity index is 1.30. The molecule has 3 atom stereocenters. The van der Waals surface area contributed by atoms with Crippen molar-refractivity contribution in [3.8, 4) is 5.75 Å². The van der Waals surface area contributed by atoms with Gasteiger partial charge in [-0.3, -0.25) is 14.5 Å². The van der Waals surface area contributed by atoms with Crippen LogP contribution >= 0.6 is 0 Å². The summed E-state index contributed by atoms with van der Waals surface area (Å²) >= 11 is 0. The first-order chi connectivity index (χ1) is 17.1. The Kier molecular flexibility index (Phi) is 5.41. The van der Waals surface area contributed by atoms with Crippen molar-refractivity contribution < 1.29 is 14.6 Å². The zero-order chi connectivity index (χ0) is 23.9. The fourth-order valence-corrected chi connectivity index (χ4v) is 5.81. The summed E-state index contributed by atoms with van der Waals surface area (Å²) in [5, 5.41) is 11.2. The highest BCUT2D eigenvalue weighted by Gasteiger charge is 2.40. The fraction of sp³-hybridized carbons (Fsp3) is 0.286. The summed E-state index contributed by atoms with van der Waals surface area (Å²) in [6.07, 6.45) is 2.80. The highest BCUT2D eigenvalue weighted by atomic mass is 16.5. The van der Waals surface area contributed by atoms with Gasteiger partial charge in [-0.15, -0.1) is 0 Å². The number of H-pyrrole nitrogens is 1. The molecule has 1 fully saturated rings. The van der Waals surface area contributed by atoms with Crippen LogP contribution in [0.3, 0.4) is 0 Å². The van der Waals surface area contributed by atoms with Gasteiger partial charge < -0.3 is 19.4 Å². The van der Waals surface area contributed by atoms with Gasteiger partial charge in [0.25, 0.3) is 5.56 Å². The molecule has 6 rings (SSSR count). The first-order valence-corrected chi connectivity index (χ1v) is 12.0. The van der Waals surface area contributed by atoms with E-state index < -0.39 is 12.0 Å². The minimum atomic E-state index is -0.869. The van der Waals surface area contributed by atoms with Gasteiger partial charge >= 0.3 is 5.97 Å². The molecule has 0 radical (unpaired) electrons. The number of hydrogen-bond donors (Lipinski definition) is 2. The number of rotatable bonds is 6. The maximum Gasteiger partial charge on any atom is 0.325 e.